The number of hydrogen-bond acceptors (Lipinski definition) is 4. The van der Waals surface area contributed by atoms with E-state index >= 15 is 0 Å². The molecule has 0 radical (unpaired) electrons. The SMILES string of the molecule is CN(C)C.Nc1ccncn1. The van der Waals surface area contributed by atoms with Crippen molar-refractivity contribution < 1.29 is 0 Å². The average Bonchev–Trinajstić information content (AvgIpc) is 1.87. The van der Waals surface area contributed by atoms with Gasteiger partial charge in [0.05, 0.1) is 0 Å². The molecule has 0 aromatic carbocycles. The van der Waals surface area contributed by atoms with E-state index in [1.807, 2.05) is 26.0 Å². The third-order valence-electron chi connectivity index (χ3n) is 0.605. The minimum atomic E-state index is 0.509. The molecule has 1 heterocycles. The van der Waals surface area contributed by atoms with Crippen molar-refractivity contribution >= 4 is 5.82 Å². The molecular formula is C7H14N4. The van der Waals surface area contributed by atoms with Crippen LogP contribution in [0, 0.1) is 0 Å². The number of aromatic nitrogens is 2. The maximum atomic E-state index is 5.21. The summed E-state index contributed by atoms with van der Waals surface area (Å²) in [6, 6.07) is 1.64. The van der Waals surface area contributed by atoms with E-state index in [2.05, 4.69) is 9.97 Å². The zero-order valence-corrected chi connectivity index (χ0v) is 7.15. The van der Waals surface area contributed by atoms with Crippen LogP contribution >= 0.6 is 0 Å². The Hall–Kier alpha value is -1.16. The minimum absolute atomic E-state index is 0.509. The van der Waals surface area contributed by atoms with Crippen LogP contribution in [-0.4, -0.2) is 36.0 Å². The summed E-state index contributed by atoms with van der Waals surface area (Å²) in [7, 11) is 6.00. The maximum absolute atomic E-state index is 5.21. The van der Waals surface area contributed by atoms with Gasteiger partial charge in [-0.25, -0.2) is 9.97 Å². The Morgan fingerprint density at radius 1 is 1.36 bits per heavy atom. The first kappa shape index (κ1) is 9.84. The first-order chi connectivity index (χ1) is 5.13. The molecular weight excluding hydrogens is 140 g/mol. The van der Waals surface area contributed by atoms with Crippen LogP contribution in [0.2, 0.25) is 0 Å². The first-order valence-electron chi connectivity index (χ1n) is 3.25. The number of hydrogen-bond donors (Lipinski definition) is 1. The highest BCUT2D eigenvalue weighted by Crippen LogP contribution is 1.85. The average molecular weight is 154 g/mol. The highest BCUT2D eigenvalue weighted by Gasteiger charge is 1.74. The molecule has 0 spiro atoms. The van der Waals surface area contributed by atoms with E-state index in [0.717, 1.165) is 0 Å². The summed E-state index contributed by atoms with van der Waals surface area (Å²) in [5.41, 5.74) is 5.21. The molecule has 0 bridgehead atoms. The molecule has 0 fully saturated rings. The van der Waals surface area contributed by atoms with Crippen LogP contribution in [0.1, 0.15) is 0 Å². The molecule has 11 heavy (non-hydrogen) atoms. The van der Waals surface area contributed by atoms with E-state index < -0.39 is 0 Å². The van der Waals surface area contributed by atoms with E-state index in [-0.39, 0.29) is 0 Å². The van der Waals surface area contributed by atoms with Gasteiger partial charge in [0.15, 0.2) is 0 Å². The fourth-order valence-electron chi connectivity index (χ4n) is 0.301. The lowest BCUT2D eigenvalue weighted by Crippen LogP contribution is -1.99. The summed E-state index contributed by atoms with van der Waals surface area (Å²) < 4.78 is 0. The smallest absolute Gasteiger partial charge is 0.126 e. The predicted molar refractivity (Wildman–Crippen MR) is 46.1 cm³/mol. The van der Waals surface area contributed by atoms with Crippen molar-refractivity contribution in [3.05, 3.63) is 18.6 Å². The largest absolute Gasteiger partial charge is 0.384 e. The number of anilines is 1. The summed E-state index contributed by atoms with van der Waals surface area (Å²) in [6.07, 6.45) is 3.01. The molecule has 4 nitrogen and oxygen atoms in total. The first-order valence-corrected chi connectivity index (χ1v) is 3.25. The Morgan fingerprint density at radius 3 is 2.09 bits per heavy atom. The fraction of sp³-hybridized carbons (Fsp3) is 0.429. The Morgan fingerprint density at radius 2 is 1.91 bits per heavy atom. The topological polar surface area (TPSA) is 55.0 Å². The lowest BCUT2D eigenvalue weighted by Gasteiger charge is -1.90. The molecule has 0 amide bonds. The van der Waals surface area contributed by atoms with Gasteiger partial charge in [0.1, 0.15) is 12.1 Å². The summed E-state index contributed by atoms with van der Waals surface area (Å²) in [6.45, 7) is 0. The van der Waals surface area contributed by atoms with Gasteiger partial charge >= 0.3 is 0 Å². The second kappa shape index (κ2) is 5.61. The molecule has 1 rings (SSSR count). The lowest BCUT2D eigenvalue weighted by molar-refractivity contribution is 0.505. The van der Waals surface area contributed by atoms with Crippen LogP contribution < -0.4 is 5.73 Å². The predicted octanol–water partition coefficient (Wildman–Crippen LogP) is 0.237. The lowest BCUT2D eigenvalue weighted by atomic mass is 10.6. The van der Waals surface area contributed by atoms with E-state index in [9.17, 15) is 0 Å². The molecule has 0 saturated heterocycles. The summed E-state index contributed by atoms with van der Waals surface area (Å²) >= 11 is 0. The Bertz CT molecular complexity index is 170. The van der Waals surface area contributed by atoms with Crippen molar-refractivity contribution in [2.45, 2.75) is 0 Å². The van der Waals surface area contributed by atoms with Gasteiger partial charge in [-0.3, -0.25) is 0 Å². The Balaban J connectivity index is 0.000000218. The Kier molecular flexibility index (Phi) is 5.02. The van der Waals surface area contributed by atoms with Crippen LogP contribution in [-0.2, 0) is 0 Å². The molecule has 0 aliphatic rings. The van der Waals surface area contributed by atoms with Crippen molar-refractivity contribution in [2.24, 2.45) is 0 Å². The van der Waals surface area contributed by atoms with Gasteiger partial charge in [-0.2, -0.15) is 0 Å². The zero-order chi connectivity index (χ0) is 8.69. The van der Waals surface area contributed by atoms with E-state index in [4.69, 9.17) is 5.73 Å². The van der Waals surface area contributed by atoms with Gasteiger partial charge in [-0.1, -0.05) is 0 Å². The van der Waals surface area contributed by atoms with Crippen molar-refractivity contribution in [2.75, 3.05) is 26.9 Å². The van der Waals surface area contributed by atoms with Gasteiger partial charge in [0.25, 0.3) is 0 Å². The molecule has 62 valence electrons. The van der Waals surface area contributed by atoms with Crippen LogP contribution in [0.15, 0.2) is 18.6 Å². The third-order valence-corrected chi connectivity index (χ3v) is 0.605. The maximum Gasteiger partial charge on any atom is 0.126 e. The monoisotopic (exact) mass is 154 g/mol. The van der Waals surface area contributed by atoms with E-state index in [1.165, 1.54) is 6.33 Å². The molecule has 0 aliphatic carbocycles. The molecule has 0 aliphatic heterocycles. The van der Waals surface area contributed by atoms with Gasteiger partial charge in [-0.15, -0.1) is 0 Å². The van der Waals surface area contributed by atoms with Gasteiger partial charge in [0, 0.05) is 6.20 Å². The molecule has 0 saturated carbocycles. The number of nitrogens with zero attached hydrogens (tertiary/aromatic N) is 3. The summed E-state index contributed by atoms with van der Waals surface area (Å²) in [5.74, 6) is 0.509. The molecule has 2 N–H and O–H groups in total. The highest BCUT2D eigenvalue weighted by atomic mass is 15.0. The fourth-order valence-corrected chi connectivity index (χ4v) is 0.301. The highest BCUT2D eigenvalue weighted by molar-refractivity contribution is 5.22. The molecule has 0 atom stereocenters. The van der Waals surface area contributed by atoms with Crippen molar-refractivity contribution in [1.82, 2.24) is 14.9 Å². The normalized spacial score (nSPS) is 8.73. The number of rotatable bonds is 0. The zero-order valence-electron chi connectivity index (χ0n) is 7.15. The van der Waals surface area contributed by atoms with Crippen LogP contribution in [0.5, 0.6) is 0 Å². The minimum Gasteiger partial charge on any atom is -0.384 e. The number of nitrogens with two attached hydrogens (primary N) is 1. The molecule has 1 aromatic rings. The summed E-state index contributed by atoms with van der Waals surface area (Å²) in [4.78, 5) is 9.30. The van der Waals surface area contributed by atoms with E-state index in [1.54, 1.807) is 12.3 Å². The molecule has 1 aromatic heterocycles. The molecule has 0 unspecified atom stereocenters. The van der Waals surface area contributed by atoms with Crippen molar-refractivity contribution in [3.8, 4) is 0 Å². The van der Waals surface area contributed by atoms with E-state index in [0.29, 0.717) is 5.82 Å². The van der Waals surface area contributed by atoms with Crippen LogP contribution in [0.4, 0.5) is 5.82 Å². The molecule has 4 heteroatoms. The van der Waals surface area contributed by atoms with Crippen molar-refractivity contribution in [3.63, 3.8) is 0 Å². The van der Waals surface area contributed by atoms with Crippen LogP contribution in [0.25, 0.3) is 0 Å². The third kappa shape index (κ3) is 8.84. The van der Waals surface area contributed by atoms with Gasteiger partial charge in [0.2, 0.25) is 0 Å². The van der Waals surface area contributed by atoms with Gasteiger partial charge < -0.3 is 10.6 Å². The Labute approximate surface area is 67.1 Å². The van der Waals surface area contributed by atoms with Crippen LogP contribution in [0.3, 0.4) is 0 Å². The summed E-state index contributed by atoms with van der Waals surface area (Å²) in [5, 5.41) is 0. The second-order valence-corrected chi connectivity index (χ2v) is 2.48. The second-order valence-electron chi connectivity index (χ2n) is 2.48. The standard InChI is InChI=1S/C4H5N3.C3H9N/c5-4-1-2-6-3-7-4;1-4(2)3/h1-3H,(H2,5,6,7);1-3H3. The number of nitrogen functional groups attached to an aromatic ring is 1. The van der Waals surface area contributed by atoms with Gasteiger partial charge in [-0.05, 0) is 27.2 Å². The van der Waals surface area contributed by atoms with Crippen molar-refractivity contribution in [1.29, 1.82) is 0 Å². The quantitative estimate of drug-likeness (QED) is 0.581.